The second-order valence-electron chi connectivity index (χ2n) is 6.36. The van der Waals surface area contributed by atoms with Gasteiger partial charge in [0, 0.05) is 37.1 Å². The molecule has 23 heavy (non-hydrogen) atoms. The van der Waals surface area contributed by atoms with Crippen LogP contribution < -0.4 is 4.74 Å². The molecule has 1 amide bonds. The average molecular weight is 309 g/mol. The van der Waals surface area contributed by atoms with Crippen molar-refractivity contribution in [2.24, 2.45) is 5.92 Å². The largest absolute Gasteiger partial charge is 0.472 e. The Balaban J connectivity index is 1.53. The van der Waals surface area contributed by atoms with Gasteiger partial charge in [0.2, 0.25) is 5.88 Å². The molecular formula is C18H19N3O2. The molecule has 0 spiro atoms. The molecular weight excluding hydrogens is 290 g/mol. The molecule has 2 aliphatic rings. The van der Waals surface area contributed by atoms with Gasteiger partial charge < -0.3 is 9.64 Å². The smallest absolute Gasteiger partial charge is 0.255 e. The molecule has 1 aliphatic carbocycles. The van der Waals surface area contributed by atoms with Gasteiger partial charge in [-0.3, -0.25) is 9.78 Å². The summed E-state index contributed by atoms with van der Waals surface area (Å²) in [4.78, 5) is 23.1. The van der Waals surface area contributed by atoms with Crippen LogP contribution in [0.4, 0.5) is 0 Å². The zero-order valence-corrected chi connectivity index (χ0v) is 13.1. The number of ether oxygens (including phenoxy) is 1. The maximum absolute atomic E-state index is 12.8. The third-order valence-corrected chi connectivity index (χ3v) is 4.79. The van der Waals surface area contributed by atoms with Crippen molar-refractivity contribution >= 4 is 5.91 Å². The summed E-state index contributed by atoms with van der Waals surface area (Å²) in [6.07, 6.45) is 7.29. The Labute approximate surface area is 135 Å². The molecule has 1 aliphatic heterocycles. The molecule has 4 rings (SSSR count). The number of piperidine rings is 1. The van der Waals surface area contributed by atoms with E-state index in [4.69, 9.17) is 4.74 Å². The highest BCUT2D eigenvalue weighted by Crippen LogP contribution is 2.40. The summed E-state index contributed by atoms with van der Waals surface area (Å²) in [6, 6.07) is 7.69. The zero-order chi connectivity index (χ0) is 15.8. The van der Waals surface area contributed by atoms with Gasteiger partial charge >= 0.3 is 0 Å². The lowest BCUT2D eigenvalue weighted by Crippen LogP contribution is -2.40. The maximum Gasteiger partial charge on any atom is 0.255 e. The first-order chi connectivity index (χ1) is 11.2. The van der Waals surface area contributed by atoms with E-state index in [9.17, 15) is 4.79 Å². The first-order valence-electron chi connectivity index (χ1n) is 8.02. The van der Waals surface area contributed by atoms with Crippen LogP contribution in [0.3, 0.4) is 0 Å². The number of aromatic nitrogens is 2. The van der Waals surface area contributed by atoms with E-state index in [0.717, 1.165) is 24.9 Å². The van der Waals surface area contributed by atoms with E-state index in [1.165, 1.54) is 0 Å². The highest BCUT2D eigenvalue weighted by molar-refractivity contribution is 5.94. The molecule has 2 aromatic rings. The van der Waals surface area contributed by atoms with Crippen molar-refractivity contribution in [3.63, 3.8) is 0 Å². The molecule has 118 valence electrons. The Hall–Kier alpha value is -2.43. The van der Waals surface area contributed by atoms with Crippen molar-refractivity contribution in [1.29, 1.82) is 0 Å². The van der Waals surface area contributed by atoms with Crippen LogP contribution in [-0.2, 0) is 0 Å². The first kappa shape index (κ1) is 14.2. The summed E-state index contributed by atoms with van der Waals surface area (Å²) in [5.41, 5.74) is 1.66. The van der Waals surface area contributed by atoms with E-state index in [-0.39, 0.29) is 18.1 Å². The second kappa shape index (κ2) is 5.65. The fraction of sp³-hybridized carbons (Fsp3) is 0.389. The molecule has 5 heteroatoms. The van der Waals surface area contributed by atoms with Crippen LogP contribution in [0.5, 0.6) is 5.88 Å². The van der Waals surface area contributed by atoms with Crippen LogP contribution in [0.2, 0.25) is 0 Å². The van der Waals surface area contributed by atoms with E-state index >= 15 is 0 Å². The first-order valence-corrected chi connectivity index (χ1v) is 8.02. The van der Waals surface area contributed by atoms with E-state index in [1.54, 1.807) is 18.6 Å². The molecule has 3 atom stereocenters. The second-order valence-corrected chi connectivity index (χ2v) is 6.36. The van der Waals surface area contributed by atoms with Gasteiger partial charge in [0.05, 0.1) is 11.6 Å². The maximum atomic E-state index is 12.8. The van der Waals surface area contributed by atoms with E-state index in [1.807, 2.05) is 36.1 Å². The van der Waals surface area contributed by atoms with Crippen LogP contribution in [-0.4, -0.2) is 39.5 Å². The predicted octanol–water partition coefficient (Wildman–Crippen LogP) is 2.47. The number of amides is 1. The summed E-state index contributed by atoms with van der Waals surface area (Å²) >= 11 is 0. The Morgan fingerprint density at radius 3 is 3.00 bits per heavy atom. The lowest BCUT2D eigenvalue weighted by atomic mass is 10.1. The summed E-state index contributed by atoms with van der Waals surface area (Å²) in [6.45, 7) is 2.71. The normalized spacial score (nSPS) is 25.6. The van der Waals surface area contributed by atoms with E-state index in [0.29, 0.717) is 17.4 Å². The molecule has 5 nitrogen and oxygen atoms in total. The minimum Gasteiger partial charge on any atom is -0.472 e. The number of likely N-dealkylation sites (tertiary alicyclic amines) is 1. The molecule has 3 heterocycles. The van der Waals surface area contributed by atoms with Gasteiger partial charge in [0.1, 0.15) is 6.10 Å². The van der Waals surface area contributed by atoms with Gasteiger partial charge in [-0.25, -0.2) is 4.98 Å². The third-order valence-electron chi connectivity index (χ3n) is 4.79. The quantitative estimate of drug-likeness (QED) is 0.874. The van der Waals surface area contributed by atoms with Crippen LogP contribution in [0.1, 0.15) is 28.8 Å². The number of carbonyl (C=O) groups excluding carboxylic acids is 1. The average Bonchev–Trinajstić information content (AvgIpc) is 3.12. The van der Waals surface area contributed by atoms with Gasteiger partial charge in [-0.05, 0) is 37.5 Å². The monoisotopic (exact) mass is 309 g/mol. The van der Waals surface area contributed by atoms with Gasteiger partial charge in [-0.1, -0.05) is 6.07 Å². The summed E-state index contributed by atoms with van der Waals surface area (Å²) in [5.74, 6) is 1.09. The van der Waals surface area contributed by atoms with Crippen LogP contribution >= 0.6 is 0 Å². The van der Waals surface area contributed by atoms with Crippen molar-refractivity contribution < 1.29 is 9.53 Å². The number of hydrogen-bond donors (Lipinski definition) is 0. The molecule has 2 fully saturated rings. The number of aryl methyl sites for hydroxylation is 1. The number of fused-ring (bicyclic) bond motifs is 2. The van der Waals surface area contributed by atoms with Crippen LogP contribution in [0, 0.1) is 12.8 Å². The van der Waals surface area contributed by atoms with Crippen molar-refractivity contribution in [1.82, 2.24) is 14.9 Å². The van der Waals surface area contributed by atoms with E-state index in [2.05, 4.69) is 9.97 Å². The van der Waals surface area contributed by atoms with Gasteiger partial charge in [-0.15, -0.1) is 0 Å². The predicted molar refractivity (Wildman–Crippen MR) is 85.2 cm³/mol. The molecule has 0 N–H and O–H groups in total. The molecule has 0 aromatic carbocycles. The van der Waals surface area contributed by atoms with Crippen molar-refractivity contribution in [2.75, 3.05) is 6.54 Å². The summed E-state index contributed by atoms with van der Waals surface area (Å²) in [7, 11) is 0. The Morgan fingerprint density at radius 1 is 1.30 bits per heavy atom. The number of nitrogens with zero attached hydrogens (tertiary/aromatic N) is 3. The molecule has 1 saturated heterocycles. The fourth-order valence-electron chi connectivity index (χ4n) is 3.75. The molecule has 0 radical (unpaired) electrons. The summed E-state index contributed by atoms with van der Waals surface area (Å²) < 4.78 is 6.08. The lowest BCUT2D eigenvalue weighted by molar-refractivity contribution is 0.0664. The van der Waals surface area contributed by atoms with Crippen LogP contribution in [0.25, 0.3) is 0 Å². The Kier molecular flexibility index (Phi) is 3.48. The van der Waals surface area contributed by atoms with Gasteiger partial charge in [-0.2, -0.15) is 0 Å². The van der Waals surface area contributed by atoms with Crippen molar-refractivity contribution in [3.8, 4) is 5.88 Å². The number of pyridine rings is 2. The third kappa shape index (κ3) is 2.56. The SMILES string of the molecule is Cc1cncc(C(=O)N2CC3CCC2C3Oc2ccccn2)c1. The lowest BCUT2D eigenvalue weighted by Gasteiger charge is -2.27. The highest BCUT2D eigenvalue weighted by atomic mass is 16.5. The molecule has 1 saturated carbocycles. The zero-order valence-electron chi connectivity index (χ0n) is 13.1. The Morgan fingerprint density at radius 2 is 2.22 bits per heavy atom. The molecule has 2 bridgehead atoms. The van der Waals surface area contributed by atoms with Crippen LogP contribution in [0.15, 0.2) is 42.9 Å². The molecule has 3 unspecified atom stereocenters. The highest BCUT2D eigenvalue weighted by Gasteiger charge is 2.50. The minimum absolute atomic E-state index is 0.0478. The number of carbonyl (C=O) groups is 1. The number of hydrogen-bond acceptors (Lipinski definition) is 4. The topological polar surface area (TPSA) is 55.3 Å². The molecule has 2 aromatic heterocycles. The number of rotatable bonds is 3. The van der Waals surface area contributed by atoms with Gasteiger partial charge in [0.15, 0.2) is 0 Å². The Bertz CT molecular complexity index is 719. The van der Waals surface area contributed by atoms with Crippen molar-refractivity contribution in [2.45, 2.75) is 31.9 Å². The van der Waals surface area contributed by atoms with E-state index < -0.39 is 0 Å². The van der Waals surface area contributed by atoms with Gasteiger partial charge in [0.25, 0.3) is 5.91 Å². The standard InChI is InChI=1S/C18H19N3O2/c1-12-8-14(10-19-9-12)18(22)21-11-13-5-6-15(21)17(13)23-16-4-2-3-7-20-16/h2-4,7-10,13,15,17H,5-6,11H2,1H3. The summed E-state index contributed by atoms with van der Waals surface area (Å²) in [5, 5.41) is 0. The fourth-order valence-corrected chi connectivity index (χ4v) is 3.75. The minimum atomic E-state index is 0.0478. The van der Waals surface area contributed by atoms with Crippen molar-refractivity contribution in [3.05, 3.63) is 54.0 Å².